The standard InChI is InChI=1S/C12H14F2N2O2/c1-7-4-5-8(12(18)16(2)3)6-9(7)15-11(17)10(13)14/h4-6,10H,1-3H3,(H,15,17). The molecule has 0 radical (unpaired) electrons. The van der Waals surface area contributed by atoms with E-state index < -0.39 is 12.3 Å². The van der Waals surface area contributed by atoms with E-state index in [2.05, 4.69) is 5.32 Å². The summed E-state index contributed by atoms with van der Waals surface area (Å²) in [5.74, 6) is -1.64. The van der Waals surface area contributed by atoms with Gasteiger partial charge in [0.15, 0.2) is 0 Å². The summed E-state index contributed by atoms with van der Waals surface area (Å²) < 4.78 is 24.3. The molecule has 0 aromatic heterocycles. The molecule has 0 bridgehead atoms. The largest absolute Gasteiger partial charge is 0.345 e. The van der Waals surface area contributed by atoms with Crippen LogP contribution in [0.5, 0.6) is 0 Å². The molecule has 0 aliphatic rings. The molecule has 0 saturated carbocycles. The number of carbonyl (C=O) groups excluding carboxylic acids is 2. The van der Waals surface area contributed by atoms with Crippen molar-refractivity contribution in [2.24, 2.45) is 0 Å². The van der Waals surface area contributed by atoms with E-state index in [1.807, 2.05) is 0 Å². The van der Waals surface area contributed by atoms with Crippen LogP contribution in [0.3, 0.4) is 0 Å². The maximum absolute atomic E-state index is 12.1. The predicted molar refractivity (Wildman–Crippen MR) is 63.8 cm³/mol. The summed E-state index contributed by atoms with van der Waals surface area (Å²) in [5, 5.41) is 2.08. The second-order valence-electron chi connectivity index (χ2n) is 4.02. The lowest BCUT2D eigenvalue weighted by atomic mass is 10.1. The predicted octanol–water partition coefficient (Wildman–Crippen LogP) is 1.90. The molecule has 2 amide bonds. The van der Waals surface area contributed by atoms with Gasteiger partial charge in [0.05, 0.1) is 0 Å². The van der Waals surface area contributed by atoms with Gasteiger partial charge in [0, 0.05) is 25.3 Å². The minimum Gasteiger partial charge on any atom is -0.345 e. The van der Waals surface area contributed by atoms with Crippen molar-refractivity contribution in [1.29, 1.82) is 0 Å². The smallest absolute Gasteiger partial charge is 0.315 e. The van der Waals surface area contributed by atoms with E-state index >= 15 is 0 Å². The highest BCUT2D eigenvalue weighted by Gasteiger charge is 2.17. The molecule has 0 spiro atoms. The van der Waals surface area contributed by atoms with Crippen LogP contribution in [0.25, 0.3) is 0 Å². The van der Waals surface area contributed by atoms with Gasteiger partial charge in [-0.25, -0.2) is 0 Å². The van der Waals surface area contributed by atoms with E-state index in [1.165, 1.54) is 11.0 Å². The zero-order valence-corrected chi connectivity index (χ0v) is 10.3. The number of nitrogens with one attached hydrogen (secondary N) is 1. The van der Waals surface area contributed by atoms with E-state index in [1.54, 1.807) is 33.2 Å². The third kappa shape index (κ3) is 3.26. The normalized spacial score (nSPS) is 10.3. The van der Waals surface area contributed by atoms with E-state index in [-0.39, 0.29) is 11.6 Å². The molecule has 0 heterocycles. The highest BCUT2D eigenvalue weighted by Crippen LogP contribution is 2.18. The first-order chi connectivity index (χ1) is 8.32. The van der Waals surface area contributed by atoms with Gasteiger partial charge in [-0.15, -0.1) is 0 Å². The quantitative estimate of drug-likeness (QED) is 0.898. The van der Waals surface area contributed by atoms with Gasteiger partial charge in [-0.3, -0.25) is 9.59 Å². The lowest BCUT2D eigenvalue weighted by molar-refractivity contribution is -0.126. The SMILES string of the molecule is Cc1ccc(C(=O)N(C)C)cc1NC(=O)C(F)F. The number of anilines is 1. The summed E-state index contributed by atoms with van der Waals surface area (Å²) in [6.07, 6.45) is -3.09. The lowest BCUT2D eigenvalue weighted by Gasteiger charge is -2.13. The molecular weight excluding hydrogens is 242 g/mol. The van der Waals surface area contributed by atoms with Crippen molar-refractivity contribution >= 4 is 17.5 Å². The fraction of sp³-hybridized carbons (Fsp3) is 0.333. The maximum atomic E-state index is 12.1. The van der Waals surface area contributed by atoms with E-state index in [0.29, 0.717) is 11.1 Å². The van der Waals surface area contributed by atoms with Crippen LogP contribution in [-0.4, -0.2) is 37.2 Å². The van der Waals surface area contributed by atoms with Gasteiger partial charge >= 0.3 is 6.43 Å². The Morgan fingerprint density at radius 2 is 1.89 bits per heavy atom. The van der Waals surface area contributed by atoms with E-state index in [9.17, 15) is 18.4 Å². The monoisotopic (exact) mass is 256 g/mol. The Labute approximate surface area is 104 Å². The molecule has 0 atom stereocenters. The number of nitrogens with zero attached hydrogens (tertiary/aromatic N) is 1. The maximum Gasteiger partial charge on any atom is 0.315 e. The molecule has 1 rings (SSSR count). The molecule has 0 saturated heterocycles. The van der Waals surface area contributed by atoms with Crippen molar-refractivity contribution < 1.29 is 18.4 Å². The summed E-state index contributed by atoms with van der Waals surface area (Å²) >= 11 is 0. The number of rotatable bonds is 3. The number of halogens is 2. The van der Waals surface area contributed by atoms with Crippen LogP contribution in [0, 0.1) is 6.92 Å². The first kappa shape index (κ1) is 14.1. The Hall–Kier alpha value is -1.98. The minimum atomic E-state index is -3.09. The summed E-state index contributed by atoms with van der Waals surface area (Å²) in [5.41, 5.74) is 1.16. The Morgan fingerprint density at radius 1 is 1.28 bits per heavy atom. The Balaban J connectivity index is 3.02. The van der Waals surface area contributed by atoms with Crippen molar-refractivity contribution in [2.75, 3.05) is 19.4 Å². The van der Waals surface area contributed by atoms with E-state index in [4.69, 9.17) is 0 Å². The van der Waals surface area contributed by atoms with Crippen LogP contribution in [0.4, 0.5) is 14.5 Å². The number of benzene rings is 1. The van der Waals surface area contributed by atoms with Crippen molar-refractivity contribution in [2.45, 2.75) is 13.3 Å². The molecule has 0 aliphatic heterocycles. The molecule has 0 fully saturated rings. The molecule has 1 aromatic rings. The topological polar surface area (TPSA) is 49.4 Å². The number of amides is 2. The second-order valence-corrected chi connectivity index (χ2v) is 4.02. The van der Waals surface area contributed by atoms with Crippen molar-refractivity contribution in [3.05, 3.63) is 29.3 Å². The van der Waals surface area contributed by atoms with Crippen LogP contribution in [-0.2, 0) is 4.79 Å². The van der Waals surface area contributed by atoms with Crippen molar-refractivity contribution in [3.63, 3.8) is 0 Å². The van der Waals surface area contributed by atoms with Gasteiger partial charge in [0.25, 0.3) is 11.8 Å². The van der Waals surface area contributed by atoms with Gasteiger partial charge in [-0.05, 0) is 24.6 Å². The average molecular weight is 256 g/mol. The van der Waals surface area contributed by atoms with Crippen molar-refractivity contribution in [1.82, 2.24) is 4.90 Å². The molecule has 18 heavy (non-hydrogen) atoms. The van der Waals surface area contributed by atoms with Crippen LogP contribution in [0.15, 0.2) is 18.2 Å². The average Bonchev–Trinajstić information content (AvgIpc) is 2.30. The number of hydrogen-bond acceptors (Lipinski definition) is 2. The van der Waals surface area contributed by atoms with Gasteiger partial charge < -0.3 is 10.2 Å². The number of alkyl halides is 2. The molecule has 1 aromatic carbocycles. The van der Waals surface area contributed by atoms with Crippen molar-refractivity contribution in [3.8, 4) is 0 Å². The first-order valence-electron chi connectivity index (χ1n) is 5.24. The van der Waals surface area contributed by atoms with Gasteiger partial charge in [0.1, 0.15) is 0 Å². The Morgan fingerprint density at radius 3 is 2.39 bits per heavy atom. The highest BCUT2D eigenvalue weighted by molar-refractivity contribution is 5.98. The molecule has 1 N–H and O–H groups in total. The Bertz CT molecular complexity index is 473. The number of aryl methyl sites for hydroxylation is 1. The van der Waals surface area contributed by atoms with Gasteiger partial charge in [0.2, 0.25) is 0 Å². The number of carbonyl (C=O) groups is 2. The van der Waals surface area contributed by atoms with E-state index in [0.717, 1.165) is 0 Å². The molecule has 6 heteroatoms. The van der Waals surface area contributed by atoms with Crippen LogP contribution >= 0.6 is 0 Å². The summed E-state index contributed by atoms with van der Waals surface area (Å²) in [4.78, 5) is 24.0. The van der Waals surface area contributed by atoms with Crippen LogP contribution in [0.2, 0.25) is 0 Å². The molecule has 0 unspecified atom stereocenters. The minimum absolute atomic E-state index is 0.216. The number of hydrogen-bond donors (Lipinski definition) is 1. The second kappa shape index (κ2) is 5.57. The summed E-state index contributed by atoms with van der Waals surface area (Å²) in [7, 11) is 3.17. The summed E-state index contributed by atoms with van der Waals surface area (Å²) in [6.45, 7) is 1.66. The van der Waals surface area contributed by atoms with Gasteiger partial charge in [-0.2, -0.15) is 8.78 Å². The molecule has 98 valence electrons. The third-order valence-electron chi connectivity index (χ3n) is 2.35. The lowest BCUT2D eigenvalue weighted by Crippen LogP contribution is -2.23. The molecular formula is C12H14F2N2O2. The highest BCUT2D eigenvalue weighted by atomic mass is 19.3. The fourth-order valence-electron chi connectivity index (χ4n) is 1.34. The third-order valence-corrected chi connectivity index (χ3v) is 2.35. The Kier molecular flexibility index (Phi) is 4.36. The fourth-order valence-corrected chi connectivity index (χ4v) is 1.34. The first-order valence-corrected chi connectivity index (χ1v) is 5.24. The van der Waals surface area contributed by atoms with Gasteiger partial charge in [-0.1, -0.05) is 6.07 Å². The van der Waals surface area contributed by atoms with Crippen LogP contribution < -0.4 is 5.32 Å². The van der Waals surface area contributed by atoms with Crippen LogP contribution in [0.1, 0.15) is 15.9 Å². The zero-order chi connectivity index (χ0) is 13.9. The molecule has 0 aliphatic carbocycles. The summed E-state index contributed by atoms with van der Waals surface area (Å²) in [6, 6.07) is 4.56. The molecule has 4 nitrogen and oxygen atoms in total. The zero-order valence-electron chi connectivity index (χ0n) is 10.3.